The third kappa shape index (κ3) is 1.93. The van der Waals surface area contributed by atoms with Crippen LogP contribution in [0, 0.1) is 20.8 Å². The molecule has 3 aromatic heterocycles. The van der Waals surface area contributed by atoms with Crippen LogP contribution in [-0.2, 0) is 0 Å². The van der Waals surface area contributed by atoms with Crippen LogP contribution in [0.4, 0.5) is 5.82 Å². The Balaban J connectivity index is 2.00. The molecule has 7 nitrogen and oxygen atoms in total. The molecule has 3 aromatic rings. The summed E-state index contributed by atoms with van der Waals surface area (Å²) in [5, 5.41) is 10.4. The molecule has 0 aromatic carbocycles. The molecule has 102 valence electrons. The second-order valence-corrected chi connectivity index (χ2v) is 4.59. The molecule has 0 aliphatic carbocycles. The van der Waals surface area contributed by atoms with Gasteiger partial charge in [0, 0.05) is 5.69 Å². The van der Waals surface area contributed by atoms with Crippen molar-refractivity contribution >= 4 is 22.8 Å². The Morgan fingerprint density at radius 2 is 2.15 bits per heavy atom. The Hall–Kier alpha value is -2.70. The quantitative estimate of drug-likeness (QED) is 0.744. The number of nitrogens with one attached hydrogen (secondary N) is 2. The normalized spacial score (nSPS) is 10.9. The minimum Gasteiger partial charge on any atom is -0.448 e. The van der Waals surface area contributed by atoms with Crippen LogP contribution in [0.3, 0.4) is 0 Å². The van der Waals surface area contributed by atoms with E-state index >= 15 is 0 Å². The SMILES string of the molecule is Cc1cc(C)c2c(NC(=O)c3ncoc3C)n[nH]c2n1. The first-order valence-electron chi connectivity index (χ1n) is 6.10. The van der Waals surface area contributed by atoms with E-state index in [1.54, 1.807) is 6.92 Å². The van der Waals surface area contributed by atoms with E-state index in [1.165, 1.54) is 6.39 Å². The van der Waals surface area contributed by atoms with Gasteiger partial charge in [0.2, 0.25) is 0 Å². The number of amides is 1. The molecular formula is C13H13N5O2. The van der Waals surface area contributed by atoms with Gasteiger partial charge in [-0.1, -0.05) is 0 Å². The average molecular weight is 271 g/mol. The molecule has 0 spiro atoms. The highest BCUT2D eigenvalue weighted by Gasteiger charge is 2.17. The van der Waals surface area contributed by atoms with E-state index < -0.39 is 0 Å². The fourth-order valence-corrected chi connectivity index (χ4v) is 2.16. The van der Waals surface area contributed by atoms with E-state index in [-0.39, 0.29) is 11.6 Å². The first kappa shape index (κ1) is 12.3. The zero-order chi connectivity index (χ0) is 14.3. The fraction of sp³-hybridized carbons (Fsp3) is 0.231. The number of hydrogen-bond donors (Lipinski definition) is 2. The minimum absolute atomic E-state index is 0.249. The number of pyridine rings is 1. The Labute approximate surface area is 114 Å². The number of aryl methyl sites for hydroxylation is 3. The van der Waals surface area contributed by atoms with Gasteiger partial charge in [0.1, 0.15) is 5.76 Å². The summed E-state index contributed by atoms with van der Waals surface area (Å²) >= 11 is 0. The lowest BCUT2D eigenvalue weighted by atomic mass is 10.2. The van der Waals surface area contributed by atoms with E-state index in [4.69, 9.17) is 4.42 Å². The number of anilines is 1. The molecule has 0 aliphatic rings. The first-order chi connectivity index (χ1) is 9.56. The molecule has 0 aliphatic heterocycles. The van der Waals surface area contributed by atoms with E-state index in [1.807, 2.05) is 19.9 Å². The summed E-state index contributed by atoms with van der Waals surface area (Å²) in [6.07, 6.45) is 1.24. The van der Waals surface area contributed by atoms with Crippen molar-refractivity contribution in [3.63, 3.8) is 0 Å². The lowest BCUT2D eigenvalue weighted by Gasteiger charge is -2.02. The molecule has 0 bridgehead atoms. The van der Waals surface area contributed by atoms with Gasteiger partial charge < -0.3 is 9.73 Å². The van der Waals surface area contributed by atoms with E-state index in [0.29, 0.717) is 17.2 Å². The topological polar surface area (TPSA) is 96.7 Å². The van der Waals surface area contributed by atoms with Crippen molar-refractivity contribution in [1.82, 2.24) is 20.2 Å². The summed E-state index contributed by atoms with van der Waals surface area (Å²) in [6.45, 7) is 5.54. The molecule has 3 heterocycles. The van der Waals surface area contributed by atoms with Gasteiger partial charge in [0.25, 0.3) is 5.91 Å². The van der Waals surface area contributed by atoms with E-state index in [9.17, 15) is 4.79 Å². The van der Waals surface area contributed by atoms with E-state index in [0.717, 1.165) is 16.6 Å². The van der Waals surface area contributed by atoms with Gasteiger partial charge in [-0.2, -0.15) is 5.10 Å². The zero-order valence-electron chi connectivity index (χ0n) is 11.3. The third-order valence-corrected chi connectivity index (χ3v) is 3.05. The molecule has 20 heavy (non-hydrogen) atoms. The van der Waals surface area contributed by atoms with Crippen LogP contribution in [0.25, 0.3) is 11.0 Å². The highest BCUT2D eigenvalue weighted by atomic mass is 16.3. The number of rotatable bonds is 2. The summed E-state index contributed by atoms with van der Waals surface area (Å²) < 4.78 is 5.02. The number of H-pyrrole nitrogens is 1. The largest absolute Gasteiger partial charge is 0.448 e. The minimum atomic E-state index is -0.357. The van der Waals surface area contributed by atoms with Crippen molar-refractivity contribution in [1.29, 1.82) is 0 Å². The Kier molecular flexibility index (Phi) is 2.74. The van der Waals surface area contributed by atoms with Gasteiger partial charge in [-0.15, -0.1) is 0 Å². The number of aromatic amines is 1. The Morgan fingerprint density at radius 3 is 2.85 bits per heavy atom. The third-order valence-electron chi connectivity index (χ3n) is 3.05. The van der Waals surface area contributed by atoms with Crippen molar-refractivity contribution in [3.8, 4) is 0 Å². The van der Waals surface area contributed by atoms with Gasteiger partial charge in [-0.3, -0.25) is 9.89 Å². The predicted molar refractivity (Wildman–Crippen MR) is 72.6 cm³/mol. The van der Waals surface area contributed by atoms with Crippen LogP contribution >= 0.6 is 0 Å². The number of hydrogen-bond acceptors (Lipinski definition) is 5. The van der Waals surface area contributed by atoms with Crippen LogP contribution in [0.1, 0.15) is 27.5 Å². The van der Waals surface area contributed by atoms with Gasteiger partial charge in [0.15, 0.2) is 23.6 Å². The summed E-state index contributed by atoms with van der Waals surface area (Å²) in [7, 11) is 0. The van der Waals surface area contributed by atoms with Crippen LogP contribution in [0.15, 0.2) is 16.9 Å². The molecule has 0 atom stereocenters. The van der Waals surface area contributed by atoms with Gasteiger partial charge in [0.05, 0.1) is 5.39 Å². The number of nitrogens with zero attached hydrogens (tertiary/aromatic N) is 3. The van der Waals surface area contributed by atoms with Gasteiger partial charge >= 0.3 is 0 Å². The summed E-state index contributed by atoms with van der Waals surface area (Å²) in [4.78, 5) is 20.3. The molecule has 0 radical (unpaired) electrons. The lowest BCUT2D eigenvalue weighted by Crippen LogP contribution is -2.14. The second kappa shape index (κ2) is 4.44. The molecule has 1 amide bonds. The Bertz CT molecular complexity index is 802. The van der Waals surface area contributed by atoms with Crippen molar-refractivity contribution in [2.75, 3.05) is 5.32 Å². The van der Waals surface area contributed by atoms with Crippen molar-refractivity contribution in [3.05, 3.63) is 35.2 Å². The van der Waals surface area contributed by atoms with Crippen molar-refractivity contribution in [2.24, 2.45) is 0 Å². The van der Waals surface area contributed by atoms with Gasteiger partial charge in [-0.05, 0) is 32.4 Å². The van der Waals surface area contributed by atoms with E-state index in [2.05, 4.69) is 25.5 Å². The highest BCUT2D eigenvalue weighted by Crippen LogP contribution is 2.24. The first-order valence-corrected chi connectivity index (χ1v) is 6.10. The number of oxazole rings is 1. The maximum atomic E-state index is 12.1. The van der Waals surface area contributed by atoms with Crippen molar-refractivity contribution < 1.29 is 9.21 Å². The maximum absolute atomic E-state index is 12.1. The lowest BCUT2D eigenvalue weighted by molar-refractivity contribution is 0.102. The van der Waals surface area contributed by atoms with Crippen LogP contribution < -0.4 is 5.32 Å². The maximum Gasteiger partial charge on any atom is 0.279 e. The van der Waals surface area contributed by atoms with Crippen molar-refractivity contribution in [2.45, 2.75) is 20.8 Å². The molecular weight excluding hydrogens is 258 g/mol. The fourth-order valence-electron chi connectivity index (χ4n) is 2.16. The molecule has 0 fully saturated rings. The predicted octanol–water partition coefficient (Wildman–Crippen LogP) is 2.12. The Morgan fingerprint density at radius 1 is 1.35 bits per heavy atom. The number of carbonyl (C=O) groups is 1. The highest BCUT2D eigenvalue weighted by molar-refractivity contribution is 6.07. The molecule has 7 heteroatoms. The summed E-state index contributed by atoms with van der Waals surface area (Å²) in [6, 6.07) is 1.94. The summed E-state index contributed by atoms with van der Waals surface area (Å²) in [5.41, 5.74) is 2.78. The molecule has 0 saturated heterocycles. The number of carbonyl (C=O) groups excluding carboxylic acids is 1. The standard InChI is InChI=1S/C13H13N5O2/c1-6-4-7(2)15-11-9(6)12(18-17-11)16-13(19)10-8(3)20-5-14-10/h4-5H,1-3H3,(H2,15,16,17,18,19). The average Bonchev–Trinajstić information content (AvgIpc) is 2.96. The monoisotopic (exact) mass is 271 g/mol. The number of fused-ring (bicyclic) bond motifs is 1. The molecule has 3 rings (SSSR count). The van der Waals surface area contributed by atoms with Gasteiger partial charge in [-0.25, -0.2) is 9.97 Å². The smallest absolute Gasteiger partial charge is 0.279 e. The number of aromatic nitrogens is 4. The molecule has 2 N–H and O–H groups in total. The van der Waals surface area contributed by atoms with Crippen LogP contribution in [-0.4, -0.2) is 26.1 Å². The molecule has 0 unspecified atom stereocenters. The molecule has 0 saturated carbocycles. The van der Waals surface area contributed by atoms with Crippen LogP contribution in [0.2, 0.25) is 0 Å². The second-order valence-electron chi connectivity index (χ2n) is 4.59. The zero-order valence-corrected chi connectivity index (χ0v) is 11.3. The van der Waals surface area contributed by atoms with Crippen LogP contribution in [0.5, 0.6) is 0 Å². The summed E-state index contributed by atoms with van der Waals surface area (Å²) in [5.74, 6) is 0.551.